The van der Waals surface area contributed by atoms with E-state index in [4.69, 9.17) is 11.0 Å². The van der Waals surface area contributed by atoms with Gasteiger partial charge < -0.3 is 15.6 Å². The smallest absolute Gasteiger partial charge is 0.276 e. The number of nitrogens with two attached hydrogens (primary N) is 1. The Morgan fingerprint density at radius 1 is 1.50 bits per heavy atom. The van der Waals surface area contributed by atoms with E-state index >= 15 is 0 Å². The van der Waals surface area contributed by atoms with Crippen LogP contribution in [0.1, 0.15) is 6.92 Å². The zero-order valence-electron chi connectivity index (χ0n) is 10.3. The normalized spacial score (nSPS) is 18.3. The van der Waals surface area contributed by atoms with E-state index in [1.165, 1.54) is 6.33 Å². The van der Waals surface area contributed by atoms with Gasteiger partial charge in [-0.25, -0.2) is 4.98 Å². The van der Waals surface area contributed by atoms with E-state index in [0.717, 1.165) is 13.1 Å². The molecule has 1 fully saturated rings. The first kappa shape index (κ1) is 12.4. The zero-order valence-corrected chi connectivity index (χ0v) is 10.3. The summed E-state index contributed by atoms with van der Waals surface area (Å²) in [6.07, 6.45) is 1.36. The molecule has 1 aromatic rings. The topological polar surface area (TPSA) is 102 Å². The van der Waals surface area contributed by atoms with Gasteiger partial charge in [0, 0.05) is 26.2 Å². The number of anilines is 2. The highest BCUT2D eigenvalue weighted by Crippen LogP contribution is 2.17. The highest BCUT2D eigenvalue weighted by molar-refractivity contribution is 5.61. The van der Waals surface area contributed by atoms with Gasteiger partial charge in [-0.15, -0.1) is 0 Å². The highest BCUT2D eigenvalue weighted by Gasteiger charge is 2.23. The molecule has 1 atom stereocenters. The minimum atomic E-state index is -0.312. The monoisotopic (exact) mass is 248 g/mol. The van der Waals surface area contributed by atoms with Crippen molar-refractivity contribution in [3.63, 3.8) is 0 Å². The van der Waals surface area contributed by atoms with Gasteiger partial charge in [0.1, 0.15) is 5.69 Å². The minimum Gasteiger partial charge on any atom is -0.391 e. The first-order chi connectivity index (χ1) is 8.63. The number of rotatable bonds is 2. The molecule has 3 N–H and O–H groups in total. The Balaban J connectivity index is 2.09. The molecule has 0 bridgehead atoms. The van der Waals surface area contributed by atoms with Crippen molar-refractivity contribution in [2.45, 2.75) is 13.0 Å². The van der Waals surface area contributed by atoms with Crippen molar-refractivity contribution in [1.29, 1.82) is 5.26 Å². The molecule has 0 amide bonds. The van der Waals surface area contributed by atoms with E-state index in [-0.39, 0.29) is 17.3 Å². The van der Waals surface area contributed by atoms with E-state index in [9.17, 15) is 4.79 Å². The molecule has 1 unspecified atom stereocenters. The quantitative estimate of drug-likeness (QED) is 0.723. The fraction of sp³-hybridized carbons (Fsp3) is 0.545. The second kappa shape index (κ2) is 5.06. The van der Waals surface area contributed by atoms with Gasteiger partial charge in [-0.2, -0.15) is 5.26 Å². The molecule has 7 heteroatoms. The summed E-state index contributed by atoms with van der Waals surface area (Å²) in [5.41, 5.74) is 5.56. The van der Waals surface area contributed by atoms with E-state index < -0.39 is 0 Å². The number of hydrogen-bond acceptors (Lipinski definition) is 6. The molecule has 2 rings (SSSR count). The molecule has 1 aliphatic rings. The summed E-state index contributed by atoms with van der Waals surface area (Å²) in [5, 5.41) is 8.87. The van der Waals surface area contributed by atoms with Crippen LogP contribution in [0.15, 0.2) is 11.1 Å². The lowest BCUT2D eigenvalue weighted by molar-refractivity contribution is 0.231. The van der Waals surface area contributed by atoms with Gasteiger partial charge in [-0.3, -0.25) is 9.69 Å². The van der Waals surface area contributed by atoms with Gasteiger partial charge in [0.25, 0.3) is 5.56 Å². The molecule has 1 saturated heterocycles. The van der Waals surface area contributed by atoms with Crippen molar-refractivity contribution in [2.75, 3.05) is 36.8 Å². The molecule has 0 radical (unpaired) electrons. The Bertz CT molecular complexity index is 511. The number of nitrogens with one attached hydrogen (secondary N) is 1. The zero-order chi connectivity index (χ0) is 13.1. The van der Waals surface area contributed by atoms with Gasteiger partial charge >= 0.3 is 0 Å². The van der Waals surface area contributed by atoms with Crippen LogP contribution in [0.25, 0.3) is 0 Å². The average molecular weight is 248 g/mol. The number of nitrogen functional groups attached to an aromatic ring is 1. The van der Waals surface area contributed by atoms with Gasteiger partial charge in [-0.1, -0.05) is 0 Å². The maximum atomic E-state index is 11.4. The van der Waals surface area contributed by atoms with Crippen molar-refractivity contribution in [2.24, 2.45) is 0 Å². The molecule has 0 saturated carbocycles. The average Bonchev–Trinajstić information content (AvgIpc) is 2.41. The lowest BCUT2D eigenvalue weighted by atomic mass is 10.2. The first-order valence-electron chi connectivity index (χ1n) is 5.85. The number of nitrogens with zero attached hydrogens (tertiary/aromatic N) is 4. The van der Waals surface area contributed by atoms with E-state index in [1.54, 1.807) is 0 Å². The molecule has 0 aliphatic carbocycles. The Morgan fingerprint density at radius 3 is 2.78 bits per heavy atom. The maximum Gasteiger partial charge on any atom is 0.276 e. The van der Waals surface area contributed by atoms with Crippen LogP contribution in [0.3, 0.4) is 0 Å². The number of aromatic amines is 1. The van der Waals surface area contributed by atoms with Crippen LogP contribution in [0, 0.1) is 11.3 Å². The lowest BCUT2D eigenvalue weighted by Crippen LogP contribution is -2.50. The number of nitriles is 1. The molecule has 0 aromatic carbocycles. The van der Waals surface area contributed by atoms with Crippen LogP contribution in [0.4, 0.5) is 11.5 Å². The summed E-state index contributed by atoms with van der Waals surface area (Å²) in [5.74, 6) is 0.531. The Labute approximate surface area is 105 Å². The SMILES string of the molecule is CC(C#N)N1CCN(c2nc[nH]c(=O)c2N)CC1. The Morgan fingerprint density at radius 2 is 2.17 bits per heavy atom. The second-order valence-electron chi connectivity index (χ2n) is 4.30. The third kappa shape index (κ3) is 2.28. The Kier molecular flexibility index (Phi) is 3.48. The molecule has 0 spiro atoms. The van der Waals surface area contributed by atoms with Gasteiger partial charge in [0.05, 0.1) is 18.4 Å². The largest absolute Gasteiger partial charge is 0.391 e. The second-order valence-corrected chi connectivity index (χ2v) is 4.30. The molecule has 96 valence electrons. The molecular formula is C11H16N6O. The number of piperazine rings is 1. The third-order valence-electron chi connectivity index (χ3n) is 3.22. The molecule has 1 aromatic heterocycles. The van der Waals surface area contributed by atoms with Crippen molar-refractivity contribution >= 4 is 11.5 Å². The van der Waals surface area contributed by atoms with Crippen LogP contribution in [0.2, 0.25) is 0 Å². The van der Waals surface area contributed by atoms with Crippen LogP contribution in [0.5, 0.6) is 0 Å². The number of aromatic nitrogens is 2. The van der Waals surface area contributed by atoms with Gasteiger partial charge in [0.15, 0.2) is 5.82 Å². The van der Waals surface area contributed by atoms with Crippen LogP contribution in [-0.2, 0) is 0 Å². The summed E-state index contributed by atoms with van der Waals surface area (Å²) in [4.78, 5) is 22.0. The van der Waals surface area contributed by atoms with Gasteiger partial charge in [0.2, 0.25) is 0 Å². The van der Waals surface area contributed by atoms with Crippen LogP contribution in [-0.4, -0.2) is 47.1 Å². The highest BCUT2D eigenvalue weighted by atomic mass is 16.1. The van der Waals surface area contributed by atoms with Crippen LogP contribution >= 0.6 is 0 Å². The fourth-order valence-corrected chi connectivity index (χ4v) is 2.06. The molecule has 1 aliphatic heterocycles. The summed E-state index contributed by atoms with van der Waals surface area (Å²) in [6.45, 7) is 4.85. The van der Waals surface area contributed by atoms with E-state index in [1.807, 2.05) is 11.8 Å². The summed E-state index contributed by atoms with van der Waals surface area (Å²) in [6, 6.07) is 2.14. The lowest BCUT2D eigenvalue weighted by Gasteiger charge is -2.36. The summed E-state index contributed by atoms with van der Waals surface area (Å²) in [7, 11) is 0. The summed E-state index contributed by atoms with van der Waals surface area (Å²) >= 11 is 0. The summed E-state index contributed by atoms with van der Waals surface area (Å²) < 4.78 is 0. The van der Waals surface area contributed by atoms with Crippen LogP contribution < -0.4 is 16.2 Å². The van der Waals surface area contributed by atoms with Crippen molar-refractivity contribution in [3.05, 3.63) is 16.7 Å². The van der Waals surface area contributed by atoms with Crippen molar-refractivity contribution in [3.8, 4) is 6.07 Å². The molecule has 18 heavy (non-hydrogen) atoms. The number of H-pyrrole nitrogens is 1. The van der Waals surface area contributed by atoms with E-state index in [0.29, 0.717) is 18.9 Å². The third-order valence-corrected chi connectivity index (χ3v) is 3.22. The maximum absolute atomic E-state index is 11.4. The van der Waals surface area contributed by atoms with Gasteiger partial charge in [-0.05, 0) is 6.92 Å². The number of hydrogen-bond donors (Lipinski definition) is 2. The molecule has 7 nitrogen and oxygen atoms in total. The fourth-order valence-electron chi connectivity index (χ4n) is 2.06. The predicted octanol–water partition coefficient (Wildman–Crippen LogP) is -0.614. The minimum absolute atomic E-state index is 0.0865. The molecule has 2 heterocycles. The predicted molar refractivity (Wildman–Crippen MR) is 68.1 cm³/mol. The van der Waals surface area contributed by atoms with Crippen molar-refractivity contribution in [1.82, 2.24) is 14.9 Å². The first-order valence-corrected chi connectivity index (χ1v) is 5.85. The standard InChI is InChI=1S/C11H16N6O/c1-8(6-12)16-2-4-17(5-3-16)10-9(13)11(18)15-7-14-10/h7-8H,2-5,13H2,1H3,(H,14,15,18). The molecular weight excluding hydrogens is 232 g/mol. The Hall–Kier alpha value is -2.07. The van der Waals surface area contributed by atoms with Crippen molar-refractivity contribution < 1.29 is 0 Å². The van der Waals surface area contributed by atoms with E-state index in [2.05, 4.69) is 20.9 Å².